The average Bonchev–Trinajstić information content (AvgIpc) is 2.81. The number of aliphatic hydroxyl groups is 1. The molecule has 0 aliphatic heterocycles. The molecule has 8 heteroatoms. The summed E-state index contributed by atoms with van der Waals surface area (Å²) >= 11 is 0. The van der Waals surface area contributed by atoms with E-state index in [9.17, 15) is 18.9 Å². The molecule has 0 fully saturated rings. The zero-order chi connectivity index (χ0) is 26.2. The molecule has 2 atom stereocenters. The quantitative estimate of drug-likeness (QED) is 0.285. The third-order valence-electron chi connectivity index (χ3n) is 5.47. The second-order valence-corrected chi connectivity index (χ2v) is 10.2. The largest absolute Gasteiger partial charge is 0.481 e. The van der Waals surface area contributed by atoms with Crippen LogP contribution in [0.3, 0.4) is 0 Å². The van der Waals surface area contributed by atoms with Gasteiger partial charge in [-0.1, -0.05) is 62.1 Å². The van der Waals surface area contributed by atoms with Gasteiger partial charge in [0.25, 0.3) is 0 Å². The van der Waals surface area contributed by atoms with Gasteiger partial charge in [0.2, 0.25) is 0 Å². The van der Waals surface area contributed by atoms with Crippen molar-refractivity contribution in [2.24, 2.45) is 0 Å². The minimum absolute atomic E-state index is 0.0312. The summed E-state index contributed by atoms with van der Waals surface area (Å²) < 4.78 is 31.2. The van der Waals surface area contributed by atoms with Crippen molar-refractivity contribution in [3.8, 4) is 34.2 Å². The fraction of sp³-hybridized carbons (Fsp3) is 0.286. The van der Waals surface area contributed by atoms with Crippen LogP contribution in [-0.2, 0) is 13.9 Å². The monoisotopic (exact) mass is 509 g/mol. The Morgan fingerprint density at radius 2 is 1.86 bits per heavy atom. The Labute approximate surface area is 211 Å². The molecule has 188 valence electrons. The Morgan fingerprint density at radius 3 is 2.50 bits per heavy atom. The minimum atomic E-state index is -2.65. The first-order chi connectivity index (χ1) is 17.2. The Morgan fingerprint density at radius 1 is 1.14 bits per heavy atom. The van der Waals surface area contributed by atoms with E-state index >= 15 is 0 Å². The zero-order valence-electron chi connectivity index (χ0n) is 20.4. The third-order valence-corrected chi connectivity index (χ3v) is 6.74. The molecule has 2 aromatic carbocycles. The Kier molecular flexibility index (Phi) is 9.55. The van der Waals surface area contributed by atoms with E-state index in [2.05, 4.69) is 11.8 Å². The lowest BCUT2D eigenvalue weighted by molar-refractivity contribution is -0.138. The average molecular weight is 510 g/mol. The number of nitrogens with zero attached hydrogens (tertiary/aromatic N) is 1. The van der Waals surface area contributed by atoms with Gasteiger partial charge in [-0.3, -0.25) is 14.3 Å². The van der Waals surface area contributed by atoms with E-state index in [1.165, 1.54) is 12.1 Å². The van der Waals surface area contributed by atoms with E-state index in [0.717, 1.165) is 33.6 Å². The molecule has 0 bridgehead atoms. The van der Waals surface area contributed by atoms with Gasteiger partial charge in [-0.15, -0.1) is 0 Å². The van der Waals surface area contributed by atoms with Crippen molar-refractivity contribution in [1.29, 1.82) is 0 Å². The van der Waals surface area contributed by atoms with Crippen molar-refractivity contribution < 1.29 is 28.5 Å². The molecular formula is C28H29FNO5P. The Balaban J connectivity index is 2.00. The smallest absolute Gasteiger partial charge is 0.305 e. The summed E-state index contributed by atoms with van der Waals surface area (Å²) in [5.41, 5.74) is 5.56. The maximum absolute atomic E-state index is 13.9. The molecule has 2 N–H and O–H groups in total. The van der Waals surface area contributed by atoms with Gasteiger partial charge in [0.15, 0.2) is 8.03 Å². The van der Waals surface area contributed by atoms with Gasteiger partial charge in [0.1, 0.15) is 12.4 Å². The molecule has 6 nitrogen and oxygen atoms in total. The number of carboxylic acids is 1. The zero-order valence-corrected chi connectivity index (χ0v) is 21.4. The Bertz CT molecular complexity index is 1310. The van der Waals surface area contributed by atoms with E-state index in [1.807, 2.05) is 57.2 Å². The number of rotatable bonds is 9. The summed E-state index contributed by atoms with van der Waals surface area (Å²) in [5, 5.41) is 18.4. The molecular weight excluding hydrogens is 480 g/mol. The molecule has 1 aromatic heterocycles. The second-order valence-electron chi connectivity index (χ2n) is 8.71. The van der Waals surface area contributed by atoms with E-state index in [-0.39, 0.29) is 24.5 Å². The first-order valence-corrected chi connectivity index (χ1v) is 13.1. The molecule has 3 rings (SSSR count). The molecule has 0 aliphatic carbocycles. The molecule has 36 heavy (non-hydrogen) atoms. The number of hydrogen-bond donors (Lipinski definition) is 2. The summed E-state index contributed by atoms with van der Waals surface area (Å²) in [6, 6.07) is 16.3. The first-order valence-electron chi connectivity index (χ1n) is 11.6. The molecule has 0 amide bonds. The van der Waals surface area contributed by atoms with Crippen LogP contribution in [0, 0.1) is 24.6 Å². The number of pyridine rings is 1. The SMILES string of the molecule is Cc1cc(F)ccc1-c1cc(-c2ccccc2)nc(C(C)C)c1C#CCO[PH](=O)CC(O)CC(=O)O. The molecule has 0 aliphatic rings. The first kappa shape index (κ1) is 27.3. The third kappa shape index (κ3) is 7.35. The van der Waals surface area contributed by atoms with Crippen LogP contribution >= 0.6 is 8.03 Å². The van der Waals surface area contributed by atoms with Crippen LogP contribution in [0.5, 0.6) is 0 Å². The number of aliphatic hydroxyl groups excluding tert-OH is 1. The number of carbonyl (C=O) groups is 1. The van der Waals surface area contributed by atoms with E-state index in [0.29, 0.717) is 5.56 Å². The number of benzene rings is 2. The number of aryl methyl sites for hydroxylation is 1. The predicted octanol–water partition coefficient (Wildman–Crippen LogP) is 5.66. The van der Waals surface area contributed by atoms with Crippen LogP contribution < -0.4 is 0 Å². The second kappa shape index (κ2) is 12.6. The van der Waals surface area contributed by atoms with Crippen molar-refractivity contribution in [1.82, 2.24) is 4.98 Å². The number of halogens is 1. The molecule has 1 heterocycles. The highest BCUT2D eigenvalue weighted by Crippen LogP contribution is 2.34. The summed E-state index contributed by atoms with van der Waals surface area (Å²) in [4.78, 5) is 15.6. The van der Waals surface area contributed by atoms with Gasteiger partial charge in [0, 0.05) is 17.3 Å². The van der Waals surface area contributed by atoms with E-state index < -0.39 is 26.5 Å². The highest BCUT2D eigenvalue weighted by atomic mass is 31.1. The number of carboxylic acid groups (broad SMARTS) is 1. The molecule has 3 aromatic rings. The number of aromatic nitrogens is 1. The lowest BCUT2D eigenvalue weighted by Gasteiger charge is -2.17. The van der Waals surface area contributed by atoms with Crippen LogP contribution in [0.1, 0.15) is 43.0 Å². The summed E-state index contributed by atoms with van der Waals surface area (Å²) in [5.74, 6) is 4.53. The van der Waals surface area contributed by atoms with Gasteiger partial charge in [0.05, 0.1) is 29.5 Å². The summed E-state index contributed by atoms with van der Waals surface area (Å²) in [6.07, 6.45) is -1.98. The minimum Gasteiger partial charge on any atom is -0.481 e. The van der Waals surface area contributed by atoms with Crippen LogP contribution in [0.4, 0.5) is 4.39 Å². The predicted molar refractivity (Wildman–Crippen MR) is 139 cm³/mol. The van der Waals surface area contributed by atoms with Crippen molar-refractivity contribution in [3.05, 3.63) is 77.2 Å². The highest BCUT2D eigenvalue weighted by Gasteiger charge is 2.18. The summed E-state index contributed by atoms with van der Waals surface area (Å²) in [6.45, 7) is 5.72. The van der Waals surface area contributed by atoms with Crippen molar-refractivity contribution in [3.63, 3.8) is 0 Å². The normalized spacial score (nSPS) is 12.6. The van der Waals surface area contributed by atoms with Crippen LogP contribution in [0.25, 0.3) is 22.4 Å². The van der Waals surface area contributed by atoms with Gasteiger partial charge in [-0.05, 0) is 42.2 Å². The van der Waals surface area contributed by atoms with E-state index in [4.69, 9.17) is 14.6 Å². The molecule has 0 spiro atoms. The van der Waals surface area contributed by atoms with Gasteiger partial charge in [-0.2, -0.15) is 0 Å². The lowest BCUT2D eigenvalue weighted by Crippen LogP contribution is -2.15. The highest BCUT2D eigenvalue weighted by molar-refractivity contribution is 7.39. The molecule has 2 unspecified atom stereocenters. The number of hydrogen-bond acceptors (Lipinski definition) is 5. The molecule has 0 saturated heterocycles. The Hall–Kier alpha value is -3.30. The van der Waals surface area contributed by atoms with Gasteiger partial charge in [-0.25, -0.2) is 4.39 Å². The maximum Gasteiger partial charge on any atom is 0.305 e. The van der Waals surface area contributed by atoms with Crippen LogP contribution in [-0.4, -0.2) is 40.0 Å². The summed E-state index contributed by atoms with van der Waals surface area (Å²) in [7, 11) is -2.65. The van der Waals surface area contributed by atoms with E-state index in [1.54, 1.807) is 6.07 Å². The fourth-order valence-corrected chi connectivity index (χ4v) is 4.66. The van der Waals surface area contributed by atoms with Gasteiger partial charge >= 0.3 is 5.97 Å². The lowest BCUT2D eigenvalue weighted by atomic mass is 9.91. The molecule has 0 saturated carbocycles. The standard InChI is InChI=1S/C28H29FNO5P/c1-18(2)28-24(10-7-13-35-36(34)17-22(31)15-27(32)33)25(23-12-11-21(29)14-19(23)3)16-26(30-28)20-8-5-4-6-9-20/h4-6,8-9,11-12,14,16,18,22,31,36H,13,15,17H2,1-3H3,(H,32,33). The van der Waals surface area contributed by atoms with Gasteiger partial charge < -0.3 is 14.7 Å². The maximum atomic E-state index is 13.9. The topological polar surface area (TPSA) is 96.7 Å². The van der Waals surface area contributed by atoms with Crippen LogP contribution in [0.15, 0.2) is 54.6 Å². The fourth-order valence-electron chi connectivity index (χ4n) is 3.78. The van der Waals surface area contributed by atoms with Crippen molar-refractivity contribution in [2.75, 3.05) is 12.8 Å². The van der Waals surface area contributed by atoms with Crippen LogP contribution in [0.2, 0.25) is 0 Å². The number of aliphatic carboxylic acids is 1. The van der Waals surface area contributed by atoms with Crippen molar-refractivity contribution in [2.45, 2.75) is 39.2 Å². The van der Waals surface area contributed by atoms with Crippen molar-refractivity contribution >= 4 is 14.0 Å². The molecule has 0 radical (unpaired) electrons.